The summed E-state index contributed by atoms with van der Waals surface area (Å²) in [5.41, 5.74) is 1.62. The molecule has 0 saturated carbocycles. The van der Waals surface area contributed by atoms with Crippen molar-refractivity contribution < 1.29 is 9.13 Å². The van der Waals surface area contributed by atoms with E-state index in [0.29, 0.717) is 5.56 Å². The molecule has 1 spiro atoms. The first-order valence-electron chi connectivity index (χ1n) is 5.27. The van der Waals surface area contributed by atoms with Crippen molar-refractivity contribution in [3.63, 3.8) is 0 Å². The molecule has 2 fully saturated rings. The van der Waals surface area contributed by atoms with E-state index in [9.17, 15) is 4.39 Å². The van der Waals surface area contributed by atoms with E-state index in [2.05, 4.69) is 26.2 Å². The summed E-state index contributed by atoms with van der Waals surface area (Å²) in [7, 11) is 0. The van der Waals surface area contributed by atoms with Crippen LogP contribution in [0.25, 0.3) is 0 Å². The summed E-state index contributed by atoms with van der Waals surface area (Å²) in [6.45, 7) is 4.44. The Morgan fingerprint density at radius 2 is 2.38 bits per heavy atom. The minimum absolute atomic E-state index is 0.00225. The van der Waals surface area contributed by atoms with Gasteiger partial charge in [0.1, 0.15) is 11.9 Å². The Morgan fingerprint density at radius 1 is 1.62 bits per heavy atom. The van der Waals surface area contributed by atoms with Crippen LogP contribution in [0, 0.1) is 18.2 Å². The quantitative estimate of drug-likeness (QED) is 0.857. The topological polar surface area (TPSA) is 34.1 Å². The molecule has 2 aliphatic heterocycles. The normalized spacial score (nSPS) is 26.3. The second kappa shape index (κ2) is 3.48. The Balaban J connectivity index is 1.98. The van der Waals surface area contributed by atoms with Crippen LogP contribution in [0.1, 0.15) is 17.4 Å². The number of aromatic nitrogens is 1. The van der Waals surface area contributed by atoms with Crippen molar-refractivity contribution in [2.75, 3.05) is 19.7 Å². The first-order chi connectivity index (χ1) is 7.64. The zero-order chi connectivity index (χ0) is 11.3. The molecule has 0 aromatic carbocycles. The van der Waals surface area contributed by atoms with Crippen LogP contribution >= 0.6 is 15.9 Å². The van der Waals surface area contributed by atoms with Gasteiger partial charge < -0.3 is 10.1 Å². The van der Waals surface area contributed by atoms with Gasteiger partial charge in [-0.25, -0.2) is 4.39 Å². The van der Waals surface area contributed by atoms with Crippen LogP contribution in [0.3, 0.4) is 0 Å². The molecule has 1 unspecified atom stereocenters. The standard InChI is InChI=1S/C11H12BrFN2O/c1-6-7(13)2-15-9(8(6)12)10-11(5-16-10)3-14-4-11/h2,10,14H,3-5H2,1H3. The number of hydrogen-bond acceptors (Lipinski definition) is 3. The van der Waals surface area contributed by atoms with Gasteiger partial charge in [-0.2, -0.15) is 0 Å². The number of hydrogen-bond donors (Lipinski definition) is 1. The summed E-state index contributed by atoms with van der Waals surface area (Å²) < 4.78 is 19.6. The highest BCUT2D eigenvalue weighted by atomic mass is 79.9. The summed E-state index contributed by atoms with van der Waals surface area (Å²) in [5.74, 6) is -0.282. The van der Waals surface area contributed by atoms with Gasteiger partial charge in [0.15, 0.2) is 0 Å². The Kier molecular flexibility index (Phi) is 2.31. The highest BCUT2D eigenvalue weighted by Gasteiger charge is 2.54. The maximum Gasteiger partial charge on any atom is 0.145 e. The van der Waals surface area contributed by atoms with E-state index in [0.717, 1.165) is 29.9 Å². The monoisotopic (exact) mass is 286 g/mol. The van der Waals surface area contributed by atoms with Crippen LogP contribution in [-0.2, 0) is 4.74 Å². The summed E-state index contributed by atoms with van der Waals surface area (Å²) in [6, 6.07) is 0. The number of pyridine rings is 1. The molecule has 0 amide bonds. The lowest BCUT2D eigenvalue weighted by atomic mass is 9.71. The summed E-state index contributed by atoms with van der Waals surface area (Å²) >= 11 is 3.41. The lowest BCUT2D eigenvalue weighted by Crippen LogP contribution is -2.65. The fourth-order valence-electron chi connectivity index (χ4n) is 2.26. The van der Waals surface area contributed by atoms with Gasteiger partial charge in [0.25, 0.3) is 0 Å². The lowest BCUT2D eigenvalue weighted by molar-refractivity contribution is -0.215. The van der Waals surface area contributed by atoms with Crippen molar-refractivity contribution in [3.8, 4) is 0 Å². The highest BCUT2D eigenvalue weighted by molar-refractivity contribution is 9.10. The minimum Gasteiger partial charge on any atom is -0.370 e. The van der Waals surface area contributed by atoms with Crippen LogP contribution in [0.4, 0.5) is 4.39 Å². The molecule has 0 aliphatic carbocycles. The Bertz CT molecular complexity index is 442. The summed E-state index contributed by atoms with van der Waals surface area (Å²) in [5, 5.41) is 3.25. The number of nitrogens with one attached hydrogen (secondary N) is 1. The molecule has 1 atom stereocenters. The van der Waals surface area contributed by atoms with Gasteiger partial charge in [-0.1, -0.05) is 0 Å². The molecule has 0 radical (unpaired) electrons. The van der Waals surface area contributed by atoms with Gasteiger partial charge in [-0.05, 0) is 22.9 Å². The molecular formula is C11H12BrFN2O. The van der Waals surface area contributed by atoms with Gasteiger partial charge in [0.05, 0.1) is 23.9 Å². The van der Waals surface area contributed by atoms with E-state index in [1.165, 1.54) is 6.20 Å². The third-order valence-corrected chi connectivity index (χ3v) is 4.53. The molecule has 3 rings (SSSR count). The van der Waals surface area contributed by atoms with Gasteiger partial charge in [-0.15, -0.1) is 0 Å². The first kappa shape index (κ1) is 10.6. The summed E-state index contributed by atoms with van der Waals surface area (Å²) in [6.07, 6.45) is 1.28. The maximum absolute atomic E-state index is 13.3. The van der Waals surface area contributed by atoms with Crippen LogP contribution in [0.2, 0.25) is 0 Å². The molecule has 2 aliphatic rings. The highest BCUT2D eigenvalue weighted by Crippen LogP contribution is 2.50. The predicted octanol–water partition coefficient (Wildman–Crippen LogP) is 1.95. The number of halogens is 2. The predicted molar refractivity (Wildman–Crippen MR) is 60.6 cm³/mol. The van der Waals surface area contributed by atoms with Gasteiger partial charge in [0.2, 0.25) is 0 Å². The van der Waals surface area contributed by atoms with E-state index < -0.39 is 0 Å². The second-order valence-electron chi connectivity index (χ2n) is 4.59. The molecule has 0 bridgehead atoms. The average Bonchev–Trinajstić information content (AvgIpc) is 2.15. The van der Waals surface area contributed by atoms with Crippen LogP contribution < -0.4 is 5.32 Å². The molecule has 1 aromatic rings. The smallest absolute Gasteiger partial charge is 0.145 e. The molecule has 3 nitrogen and oxygen atoms in total. The molecular weight excluding hydrogens is 275 g/mol. The molecule has 16 heavy (non-hydrogen) atoms. The van der Waals surface area contributed by atoms with Crippen molar-refractivity contribution >= 4 is 15.9 Å². The molecule has 2 saturated heterocycles. The van der Waals surface area contributed by atoms with Crippen molar-refractivity contribution in [3.05, 3.63) is 27.7 Å². The Hall–Kier alpha value is -0.520. The Labute approximate surface area is 102 Å². The molecule has 3 heterocycles. The number of rotatable bonds is 1. The van der Waals surface area contributed by atoms with E-state index >= 15 is 0 Å². The fourth-order valence-corrected chi connectivity index (χ4v) is 2.76. The van der Waals surface area contributed by atoms with Crippen molar-refractivity contribution in [2.45, 2.75) is 13.0 Å². The zero-order valence-corrected chi connectivity index (χ0v) is 10.5. The minimum atomic E-state index is -0.282. The third kappa shape index (κ3) is 1.28. The molecule has 5 heteroatoms. The van der Waals surface area contributed by atoms with Crippen LogP contribution in [0.5, 0.6) is 0 Å². The van der Waals surface area contributed by atoms with Gasteiger partial charge in [-0.3, -0.25) is 4.98 Å². The third-order valence-electron chi connectivity index (χ3n) is 3.53. The second-order valence-corrected chi connectivity index (χ2v) is 5.38. The van der Waals surface area contributed by atoms with E-state index in [4.69, 9.17) is 4.74 Å². The van der Waals surface area contributed by atoms with Crippen molar-refractivity contribution in [1.29, 1.82) is 0 Å². The fraction of sp³-hybridized carbons (Fsp3) is 0.545. The number of nitrogens with zero attached hydrogens (tertiary/aromatic N) is 1. The van der Waals surface area contributed by atoms with Crippen LogP contribution in [-0.4, -0.2) is 24.7 Å². The SMILES string of the molecule is Cc1c(F)cnc(C2OCC23CNC3)c1Br. The van der Waals surface area contributed by atoms with E-state index in [1.807, 2.05) is 0 Å². The van der Waals surface area contributed by atoms with Crippen molar-refractivity contribution in [2.24, 2.45) is 5.41 Å². The number of ether oxygens (including phenoxy) is 1. The largest absolute Gasteiger partial charge is 0.370 e. The summed E-state index contributed by atoms with van der Waals surface area (Å²) in [4.78, 5) is 4.16. The molecule has 1 aromatic heterocycles. The van der Waals surface area contributed by atoms with Crippen molar-refractivity contribution in [1.82, 2.24) is 10.3 Å². The van der Waals surface area contributed by atoms with E-state index in [1.54, 1.807) is 6.92 Å². The van der Waals surface area contributed by atoms with E-state index in [-0.39, 0.29) is 17.3 Å². The zero-order valence-electron chi connectivity index (χ0n) is 8.89. The van der Waals surface area contributed by atoms with Gasteiger partial charge in [0, 0.05) is 23.1 Å². The molecule has 86 valence electrons. The average molecular weight is 287 g/mol. The van der Waals surface area contributed by atoms with Gasteiger partial charge >= 0.3 is 0 Å². The first-order valence-corrected chi connectivity index (χ1v) is 6.06. The lowest BCUT2D eigenvalue weighted by Gasteiger charge is -2.55. The Morgan fingerprint density at radius 3 is 2.88 bits per heavy atom. The molecule has 1 N–H and O–H groups in total. The maximum atomic E-state index is 13.3. The van der Waals surface area contributed by atoms with Crippen LogP contribution in [0.15, 0.2) is 10.7 Å².